The van der Waals surface area contributed by atoms with Crippen molar-refractivity contribution in [3.8, 4) is 0 Å². The molecule has 2 heterocycles. The maximum absolute atomic E-state index is 14.0. The van der Waals surface area contributed by atoms with Gasteiger partial charge in [0.1, 0.15) is 17.5 Å². The summed E-state index contributed by atoms with van der Waals surface area (Å²) in [6, 6.07) is 4.91. The van der Waals surface area contributed by atoms with Gasteiger partial charge < -0.3 is 10.6 Å². The normalized spacial score (nSPS) is 12.2. The van der Waals surface area contributed by atoms with E-state index >= 15 is 0 Å². The number of H-pyrrole nitrogens is 1. The van der Waals surface area contributed by atoms with Gasteiger partial charge in [-0.2, -0.15) is 20.1 Å². The van der Waals surface area contributed by atoms with Crippen molar-refractivity contribution >= 4 is 17.7 Å². The largest absolute Gasteiger partial charge is 0.347 e. The number of aryl methyl sites for hydroxylation is 1. The number of aromatic amines is 1. The Bertz CT molecular complexity index is 955. The third kappa shape index (κ3) is 4.59. The summed E-state index contributed by atoms with van der Waals surface area (Å²) in [6.45, 7) is 7.81. The number of aromatic nitrogens is 5. The van der Waals surface area contributed by atoms with E-state index in [-0.39, 0.29) is 0 Å². The number of anilines is 3. The van der Waals surface area contributed by atoms with E-state index in [1.54, 1.807) is 6.92 Å². The molecule has 9 heteroatoms. The van der Waals surface area contributed by atoms with Gasteiger partial charge in [-0.25, -0.2) is 8.78 Å². The smallest absolute Gasteiger partial charge is 0.233 e. The predicted molar refractivity (Wildman–Crippen MR) is 104 cm³/mol. The van der Waals surface area contributed by atoms with Gasteiger partial charge in [0.2, 0.25) is 11.9 Å². The monoisotopic (exact) mass is 387 g/mol. The second-order valence-corrected chi connectivity index (χ2v) is 6.77. The van der Waals surface area contributed by atoms with Crippen molar-refractivity contribution in [1.82, 2.24) is 25.1 Å². The maximum Gasteiger partial charge on any atom is 0.233 e. The standard InChI is InChI=1S/C19H23F2N7/c1-5-16-23-18(22-11(4)13-7-6-12(20)8-14(13)21)26-19(24-16)25-17-9-15(10(2)3)27-28-17/h6-11H,5H2,1-4H3,(H3,22,23,24,25,26,27,28). The molecule has 7 nitrogen and oxygen atoms in total. The molecule has 1 aromatic carbocycles. The van der Waals surface area contributed by atoms with Crippen LogP contribution < -0.4 is 10.6 Å². The molecule has 3 aromatic rings. The van der Waals surface area contributed by atoms with Crippen LogP contribution in [0.15, 0.2) is 24.3 Å². The number of halogens is 2. The second kappa shape index (κ2) is 8.28. The lowest BCUT2D eigenvalue weighted by Gasteiger charge is -2.16. The number of benzene rings is 1. The van der Waals surface area contributed by atoms with Crippen LogP contribution in [0.4, 0.5) is 26.5 Å². The molecule has 1 unspecified atom stereocenters. The van der Waals surface area contributed by atoms with Crippen LogP contribution in [0.1, 0.15) is 56.7 Å². The number of hydrogen-bond acceptors (Lipinski definition) is 6. The van der Waals surface area contributed by atoms with E-state index < -0.39 is 17.7 Å². The lowest BCUT2D eigenvalue weighted by molar-refractivity contribution is 0.566. The summed E-state index contributed by atoms with van der Waals surface area (Å²) in [7, 11) is 0. The Labute approximate surface area is 162 Å². The maximum atomic E-state index is 14.0. The van der Waals surface area contributed by atoms with Gasteiger partial charge in [0.15, 0.2) is 5.82 Å². The molecule has 0 amide bonds. The minimum Gasteiger partial charge on any atom is -0.347 e. The highest BCUT2D eigenvalue weighted by Crippen LogP contribution is 2.22. The van der Waals surface area contributed by atoms with Gasteiger partial charge in [0.05, 0.1) is 6.04 Å². The van der Waals surface area contributed by atoms with Crippen molar-refractivity contribution in [3.05, 3.63) is 53.0 Å². The summed E-state index contributed by atoms with van der Waals surface area (Å²) in [5.74, 6) is 0.880. The third-order valence-corrected chi connectivity index (χ3v) is 4.23. The first-order chi connectivity index (χ1) is 13.4. The van der Waals surface area contributed by atoms with Gasteiger partial charge in [0.25, 0.3) is 0 Å². The van der Waals surface area contributed by atoms with Crippen molar-refractivity contribution in [1.29, 1.82) is 0 Å². The molecule has 0 aliphatic carbocycles. The lowest BCUT2D eigenvalue weighted by Crippen LogP contribution is -2.14. The van der Waals surface area contributed by atoms with Crippen LogP contribution in [0.2, 0.25) is 0 Å². The minimum atomic E-state index is -0.624. The van der Waals surface area contributed by atoms with Gasteiger partial charge in [-0.3, -0.25) is 5.10 Å². The van der Waals surface area contributed by atoms with Crippen LogP contribution in [-0.2, 0) is 6.42 Å². The van der Waals surface area contributed by atoms with Gasteiger partial charge >= 0.3 is 0 Å². The van der Waals surface area contributed by atoms with Crippen molar-refractivity contribution in [2.45, 2.75) is 46.1 Å². The summed E-state index contributed by atoms with van der Waals surface area (Å²) in [4.78, 5) is 13.0. The summed E-state index contributed by atoms with van der Waals surface area (Å²) < 4.78 is 27.2. The number of hydrogen-bond donors (Lipinski definition) is 3. The average Bonchev–Trinajstić information content (AvgIpc) is 3.10. The summed E-state index contributed by atoms with van der Waals surface area (Å²) in [5.41, 5.74) is 1.31. The highest BCUT2D eigenvalue weighted by atomic mass is 19.1. The van der Waals surface area contributed by atoms with Crippen LogP contribution in [-0.4, -0.2) is 25.1 Å². The molecule has 0 aliphatic heterocycles. The Kier molecular flexibility index (Phi) is 5.81. The zero-order valence-corrected chi connectivity index (χ0v) is 16.2. The van der Waals surface area contributed by atoms with Crippen LogP contribution in [0, 0.1) is 11.6 Å². The minimum absolute atomic E-state index is 0.296. The molecular weight excluding hydrogens is 364 g/mol. The molecule has 0 radical (unpaired) electrons. The first kappa shape index (κ1) is 19.7. The van der Waals surface area contributed by atoms with E-state index in [2.05, 4.69) is 49.6 Å². The van der Waals surface area contributed by atoms with Crippen molar-refractivity contribution in [2.24, 2.45) is 0 Å². The van der Waals surface area contributed by atoms with Crippen LogP contribution in [0.5, 0.6) is 0 Å². The fraction of sp³-hybridized carbons (Fsp3) is 0.368. The van der Waals surface area contributed by atoms with Crippen LogP contribution in [0.3, 0.4) is 0 Å². The van der Waals surface area contributed by atoms with Gasteiger partial charge in [0, 0.05) is 29.8 Å². The molecule has 0 saturated heterocycles. The van der Waals surface area contributed by atoms with Gasteiger partial charge in [-0.1, -0.05) is 26.8 Å². The molecule has 2 aromatic heterocycles. The highest BCUT2D eigenvalue weighted by molar-refractivity contribution is 5.50. The summed E-state index contributed by atoms with van der Waals surface area (Å²) >= 11 is 0. The fourth-order valence-corrected chi connectivity index (χ4v) is 2.63. The highest BCUT2D eigenvalue weighted by Gasteiger charge is 2.15. The fourth-order valence-electron chi connectivity index (χ4n) is 2.63. The number of nitrogens with zero attached hydrogens (tertiary/aromatic N) is 4. The molecule has 148 valence electrons. The van der Waals surface area contributed by atoms with Gasteiger partial charge in [-0.15, -0.1) is 0 Å². The Morgan fingerprint density at radius 2 is 1.79 bits per heavy atom. The van der Waals surface area contributed by atoms with Crippen molar-refractivity contribution < 1.29 is 8.78 Å². The summed E-state index contributed by atoms with van der Waals surface area (Å²) in [5, 5.41) is 13.3. The Morgan fingerprint density at radius 3 is 2.43 bits per heavy atom. The Balaban J connectivity index is 1.81. The van der Waals surface area contributed by atoms with Crippen LogP contribution >= 0.6 is 0 Å². The number of rotatable bonds is 7. The van der Waals surface area contributed by atoms with E-state index in [1.807, 2.05) is 13.0 Å². The SMILES string of the molecule is CCc1nc(Nc2cc(C(C)C)[nH]n2)nc(NC(C)c2ccc(F)cc2F)n1. The molecule has 0 saturated carbocycles. The molecule has 28 heavy (non-hydrogen) atoms. The zero-order valence-electron chi connectivity index (χ0n) is 16.2. The first-order valence-electron chi connectivity index (χ1n) is 9.14. The molecule has 0 aliphatic rings. The van der Waals surface area contributed by atoms with E-state index in [1.165, 1.54) is 12.1 Å². The quantitative estimate of drug-likeness (QED) is 0.554. The van der Waals surface area contributed by atoms with Gasteiger partial charge in [-0.05, 0) is 18.9 Å². The molecule has 0 fully saturated rings. The average molecular weight is 387 g/mol. The van der Waals surface area contributed by atoms with E-state index in [0.717, 1.165) is 11.8 Å². The molecule has 3 rings (SSSR count). The van der Waals surface area contributed by atoms with Crippen molar-refractivity contribution in [2.75, 3.05) is 10.6 Å². The first-order valence-corrected chi connectivity index (χ1v) is 9.14. The summed E-state index contributed by atoms with van der Waals surface area (Å²) in [6.07, 6.45) is 0.600. The topological polar surface area (TPSA) is 91.4 Å². The molecule has 1 atom stereocenters. The third-order valence-electron chi connectivity index (χ3n) is 4.23. The second-order valence-electron chi connectivity index (χ2n) is 6.77. The Morgan fingerprint density at radius 1 is 1.04 bits per heavy atom. The number of nitrogens with one attached hydrogen (secondary N) is 3. The molecular formula is C19H23F2N7. The van der Waals surface area contributed by atoms with Crippen molar-refractivity contribution in [3.63, 3.8) is 0 Å². The zero-order chi connectivity index (χ0) is 20.3. The van der Waals surface area contributed by atoms with E-state index in [4.69, 9.17) is 0 Å². The van der Waals surface area contributed by atoms with E-state index in [0.29, 0.717) is 41.4 Å². The van der Waals surface area contributed by atoms with E-state index in [9.17, 15) is 8.78 Å². The molecule has 0 bridgehead atoms. The molecule has 3 N–H and O–H groups in total. The molecule has 0 spiro atoms. The van der Waals surface area contributed by atoms with Crippen LogP contribution in [0.25, 0.3) is 0 Å². The Hall–Kier alpha value is -3.10. The predicted octanol–water partition coefficient (Wildman–Crippen LogP) is 4.48. The lowest BCUT2D eigenvalue weighted by atomic mass is 10.1.